The van der Waals surface area contributed by atoms with E-state index in [2.05, 4.69) is 16.4 Å². The van der Waals surface area contributed by atoms with Crippen LogP contribution in [0.25, 0.3) is 0 Å². The lowest BCUT2D eigenvalue weighted by atomic mass is 10.1. The van der Waals surface area contributed by atoms with Gasteiger partial charge in [0.05, 0.1) is 6.61 Å². The van der Waals surface area contributed by atoms with Crippen LogP contribution < -0.4 is 5.73 Å². The molecule has 17 heteroatoms. The molecule has 1 fully saturated rings. The van der Waals surface area contributed by atoms with Crippen LogP contribution >= 0.6 is 35.4 Å². The molecule has 0 amide bonds. The first-order valence-corrected chi connectivity index (χ1v) is 13.7. The lowest BCUT2D eigenvalue weighted by molar-refractivity contribution is -0.0561. The summed E-state index contributed by atoms with van der Waals surface area (Å²) in [6, 6.07) is 0. The maximum absolute atomic E-state index is 12.4. The van der Waals surface area contributed by atoms with E-state index in [9.17, 15) is 19.3 Å². The number of halogens is 1. The van der Waals surface area contributed by atoms with Gasteiger partial charge < -0.3 is 25.2 Å². The van der Waals surface area contributed by atoms with E-state index in [4.69, 9.17) is 29.0 Å². The van der Waals surface area contributed by atoms with Gasteiger partial charge in [0.25, 0.3) is 7.77 Å². The smallest absolute Gasteiger partial charge is 0.378 e. The highest BCUT2D eigenvalue weighted by Crippen LogP contribution is 2.63. The van der Waals surface area contributed by atoms with Crippen molar-refractivity contribution in [3.8, 4) is 0 Å². The number of hydrogen-bond acceptors (Lipinski definition) is 11. The molecule has 166 valence electrons. The fourth-order valence-electron chi connectivity index (χ4n) is 2.38. The van der Waals surface area contributed by atoms with Crippen LogP contribution in [0.4, 0.5) is 0 Å². The molecular formula is C12H24ClN5O8P3+. The molecule has 0 saturated carbocycles. The van der Waals surface area contributed by atoms with E-state index in [1.54, 1.807) is 6.66 Å². The summed E-state index contributed by atoms with van der Waals surface area (Å²) in [6.45, 7) is 3.41. The minimum absolute atomic E-state index is 0. The van der Waals surface area contributed by atoms with Crippen molar-refractivity contribution in [2.45, 2.75) is 24.5 Å². The Hall–Kier alpha value is -0.710. The molecule has 1 aliphatic heterocycles. The number of nitrogen functional groups attached to an aromatic ring is 1. The van der Waals surface area contributed by atoms with E-state index < -0.39 is 54.1 Å². The quantitative estimate of drug-likeness (QED) is 0.215. The number of amidine groups is 1. The predicted molar refractivity (Wildman–Crippen MR) is 109 cm³/mol. The number of aliphatic hydroxyl groups is 2. The summed E-state index contributed by atoms with van der Waals surface area (Å²) >= 11 is 0. The number of rotatable bonds is 9. The fourth-order valence-corrected chi connectivity index (χ4v) is 7.55. The van der Waals surface area contributed by atoms with E-state index in [0.717, 1.165) is 18.0 Å². The fraction of sp³-hybridized carbons (Fsp3) is 0.667. The molecular weight excluding hydrogens is 471 g/mol. The lowest BCUT2D eigenvalue weighted by Gasteiger charge is -2.19. The summed E-state index contributed by atoms with van der Waals surface area (Å²) < 4.78 is 46.3. The number of nitrogens with one attached hydrogen (secondary N) is 1. The minimum Gasteiger partial charge on any atom is -0.387 e. The number of hydrogen-bond donors (Lipinski definition) is 4. The van der Waals surface area contributed by atoms with Crippen LogP contribution in [0, 0.1) is 5.41 Å². The van der Waals surface area contributed by atoms with Crippen molar-refractivity contribution >= 4 is 47.5 Å². The van der Waals surface area contributed by atoms with Crippen LogP contribution in [0.2, 0.25) is 0 Å². The van der Waals surface area contributed by atoms with Gasteiger partial charge in [0.1, 0.15) is 37.6 Å². The molecule has 5 N–H and O–H groups in total. The van der Waals surface area contributed by atoms with Crippen molar-refractivity contribution in [3.63, 3.8) is 0 Å². The van der Waals surface area contributed by atoms with Crippen molar-refractivity contribution < 1.29 is 37.2 Å². The molecule has 0 bridgehead atoms. The Morgan fingerprint density at radius 1 is 1.41 bits per heavy atom. The highest BCUT2D eigenvalue weighted by Gasteiger charge is 2.45. The van der Waals surface area contributed by atoms with E-state index in [-0.39, 0.29) is 24.1 Å². The second-order valence-corrected chi connectivity index (χ2v) is 12.0. The first-order chi connectivity index (χ1) is 12.8. The molecule has 2 heterocycles. The number of nitrogens with zero attached hydrogens (tertiary/aromatic N) is 3. The molecule has 0 radical (unpaired) electrons. The Labute approximate surface area is 174 Å². The van der Waals surface area contributed by atoms with E-state index in [1.165, 1.54) is 6.33 Å². The van der Waals surface area contributed by atoms with Crippen molar-refractivity contribution in [1.29, 1.82) is 5.41 Å². The van der Waals surface area contributed by atoms with Crippen LogP contribution in [-0.2, 0) is 27.0 Å². The Balaban J connectivity index is 0.00000420. The van der Waals surface area contributed by atoms with Crippen LogP contribution in [0.3, 0.4) is 0 Å². The van der Waals surface area contributed by atoms with Crippen molar-refractivity contribution in [3.05, 3.63) is 12.2 Å². The van der Waals surface area contributed by atoms with E-state index in [1.807, 2.05) is 0 Å². The molecule has 2 rings (SSSR count). The first-order valence-electron chi connectivity index (χ1n) is 7.83. The third kappa shape index (κ3) is 7.18. The number of ether oxygens (including phenoxy) is 1. The first kappa shape index (κ1) is 26.3. The monoisotopic (exact) mass is 494 g/mol. The topological polar surface area (TPSA) is 192 Å². The molecule has 1 aromatic heterocycles. The van der Waals surface area contributed by atoms with Gasteiger partial charge in [-0.25, -0.2) is 14.0 Å². The van der Waals surface area contributed by atoms with Gasteiger partial charge in [-0.3, -0.25) is 14.5 Å². The standard InChI is InChI=1S/C12H23N5O8P3.ClH/c1-26(2)24-28(4,21)25-27(3,20)22-5-7-8(18)9(19)12(23-7)17-6-15-11(16-17)10(13)14;/h6-9,12,18-19H,1,5H2,2-4H3,(H3,13,14);1H/q+1;. The molecule has 7 atom stereocenters. The van der Waals surface area contributed by atoms with Crippen molar-refractivity contribution in [2.24, 2.45) is 5.73 Å². The Morgan fingerprint density at radius 2 is 2.03 bits per heavy atom. The second kappa shape index (κ2) is 10.1. The van der Waals surface area contributed by atoms with Gasteiger partial charge in [-0.1, -0.05) is 4.31 Å². The van der Waals surface area contributed by atoms with Crippen LogP contribution in [0.15, 0.2) is 6.33 Å². The van der Waals surface area contributed by atoms with Gasteiger partial charge in [0.2, 0.25) is 5.82 Å². The highest BCUT2D eigenvalue weighted by atomic mass is 35.5. The van der Waals surface area contributed by atoms with E-state index >= 15 is 0 Å². The predicted octanol–water partition coefficient (Wildman–Crippen LogP) is 0.757. The average molecular weight is 495 g/mol. The molecule has 13 nitrogen and oxygen atoms in total. The van der Waals surface area contributed by atoms with Crippen LogP contribution in [0.1, 0.15) is 12.1 Å². The number of aliphatic hydroxyl groups excluding tert-OH is 2. The summed E-state index contributed by atoms with van der Waals surface area (Å²) in [5.74, 6) is -0.448. The lowest BCUT2D eigenvalue weighted by Crippen LogP contribution is -2.33. The summed E-state index contributed by atoms with van der Waals surface area (Å²) in [7, 11) is -8.74. The zero-order chi connectivity index (χ0) is 21.3. The zero-order valence-corrected chi connectivity index (χ0v) is 19.3. The Morgan fingerprint density at radius 3 is 2.55 bits per heavy atom. The van der Waals surface area contributed by atoms with E-state index in [0.29, 0.717) is 0 Å². The molecule has 1 aromatic rings. The molecule has 1 aliphatic rings. The third-order valence-corrected chi connectivity index (χ3v) is 8.70. The largest absolute Gasteiger partial charge is 0.387 e. The minimum atomic E-state index is -3.83. The number of nitrogens with two attached hydrogens (primary N) is 1. The second-order valence-electron chi connectivity index (χ2n) is 6.14. The summed E-state index contributed by atoms with van der Waals surface area (Å²) in [5, 5.41) is 31.5. The summed E-state index contributed by atoms with van der Waals surface area (Å²) in [5.41, 5.74) is 5.28. The maximum Gasteiger partial charge on any atom is 0.378 e. The number of aromatic nitrogens is 3. The van der Waals surface area contributed by atoms with Crippen LogP contribution in [-0.4, -0.2) is 82.0 Å². The third-order valence-electron chi connectivity index (χ3n) is 3.41. The van der Waals surface area contributed by atoms with Gasteiger partial charge >= 0.3 is 15.2 Å². The molecule has 1 saturated heterocycles. The normalized spacial score (nSPS) is 28.8. The summed E-state index contributed by atoms with van der Waals surface area (Å²) in [6.07, 6.45) is -0.260. The van der Waals surface area contributed by atoms with Gasteiger partial charge in [-0.15, -0.1) is 17.5 Å². The zero-order valence-electron chi connectivity index (χ0n) is 15.8. The van der Waals surface area contributed by atoms with Gasteiger partial charge in [-0.2, -0.15) is 0 Å². The average Bonchev–Trinajstić information content (AvgIpc) is 3.10. The van der Waals surface area contributed by atoms with Gasteiger partial charge in [-0.05, 0) is 0 Å². The molecule has 7 unspecified atom stereocenters. The summed E-state index contributed by atoms with van der Waals surface area (Å²) in [4.78, 5) is 3.78. The van der Waals surface area contributed by atoms with Gasteiger partial charge in [0, 0.05) is 13.3 Å². The Bertz CT molecular complexity index is 853. The molecule has 29 heavy (non-hydrogen) atoms. The molecule has 0 spiro atoms. The van der Waals surface area contributed by atoms with Crippen LogP contribution in [0.5, 0.6) is 0 Å². The van der Waals surface area contributed by atoms with Crippen molar-refractivity contribution in [2.75, 3.05) is 26.6 Å². The highest BCUT2D eigenvalue weighted by molar-refractivity contribution is 7.71. The van der Waals surface area contributed by atoms with Crippen molar-refractivity contribution in [1.82, 2.24) is 14.8 Å². The molecule has 0 aromatic carbocycles. The Kier molecular flexibility index (Phi) is 9.14. The SMILES string of the molecule is C=[P+](C)OP(C)(=O)OP(C)(=O)OCC1OC(n2cnc(C(=N)N)n2)C(O)C1O.Cl. The maximum atomic E-state index is 12.4. The van der Waals surface area contributed by atoms with Gasteiger partial charge in [0.15, 0.2) is 12.1 Å². The molecule has 0 aliphatic carbocycles.